The highest BCUT2D eigenvalue weighted by Crippen LogP contribution is 2.50. The van der Waals surface area contributed by atoms with E-state index in [1.807, 2.05) is 55.5 Å². The van der Waals surface area contributed by atoms with Crippen LogP contribution in [0.2, 0.25) is 0 Å². The van der Waals surface area contributed by atoms with E-state index < -0.39 is 5.72 Å². The summed E-state index contributed by atoms with van der Waals surface area (Å²) in [7, 11) is 0. The number of aromatic nitrogens is 1. The Morgan fingerprint density at radius 1 is 0.731 bits per heavy atom. The molecular formula is C24H19NO. The topological polar surface area (TPSA) is 25.2 Å². The van der Waals surface area contributed by atoms with Gasteiger partial charge in [0.1, 0.15) is 0 Å². The minimum atomic E-state index is -1.12. The van der Waals surface area contributed by atoms with Gasteiger partial charge in [-0.2, -0.15) is 0 Å². The van der Waals surface area contributed by atoms with Gasteiger partial charge in [-0.05, 0) is 30.2 Å². The Morgan fingerprint density at radius 2 is 1.31 bits per heavy atom. The number of rotatable bonds is 2. The Balaban J connectivity index is 1.91. The maximum absolute atomic E-state index is 11.7. The summed E-state index contributed by atoms with van der Waals surface area (Å²) < 4.78 is 2.06. The summed E-state index contributed by atoms with van der Waals surface area (Å²) in [4.78, 5) is 0. The largest absolute Gasteiger partial charge is 0.367 e. The van der Waals surface area contributed by atoms with Crippen LogP contribution in [-0.2, 0) is 5.72 Å². The Hall–Kier alpha value is -3.10. The minimum Gasteiger partial charge on any atom is -0.367 e. The normalized spacial score (nSPS) is 19.2. The average Bonchev–Trinajstić information content (AvgIpc) is 3.16. The first-order valence-electron chi connectivity index (χ1n) is 8.87. The molecule has 5 rings (SSSR count). The highest BCUT2D eigenvalue weighted by molar-refractivity contribution is 6.06. The van der Waals surface area contributed by atoms with Gasteiger partial charge in [0.15, 0.2) is 5.72 Å². The predicted molar refractivity (Wildman–Crippen MR) is 107 cm³/mol. The first kappa shape index (κ1) is 15.2. The third-order valence-corrected chi connectivity index (χ3v) is 5.25. The van der Waals surface area contributed by atoms with Crippen LogP contribution in [0.15, 0.2) is 91.0 Å². The molecule has 4 aromatic rings. The van der Waals surface area contributed by atoms with E-state index in [0.717, 1.165) is 38.9 Å². The molecule has 1 N–H and O–H groups in total. The fourth-order valence-corrected chi connectivity index (χ4v) is 4.20. The van der Waals surface area contributed by atoms with E-state index >= 15 is 0 Å². The van der Waals surface area contributed by atoms with Gasteiger partial charge in [-0.15, -0.1) is 0 Å². The molecule has 0 bridgehead atoms. The van der Waals surface area contributed by atoms with Crippen LogP contribution in [0, 0.1) is 0 Å². The van der Waals surface area contributed by atoms with Crippen molar-refractivity contribution in [1.82, 2.24) is 4.57 Å². The second-order valence-electron chi connectivity index (χ2n) is 6.93. The number of benzene rings is 3. The number of hydrogen-bond acceptors (Lipinski definition) is 1. The second-order valence-corrected chi connectivity index (χ2v) is 6.93. The van der Waals surface area contributed by atoms with Crippen molar-refractivity contribution in [3.8, 4) is 0 Å². The van der Waals surface area contributed by atoms with Crippen LogP contribution in [0.1, 0.15) is 23.7 Å². The van der Waals surface area contributed by atoms with Crippen molar-refractivity contribution in [2.45, 2.75) is 12.6 Å². The van der Waals surface area contributed by atoms with Crippen molar-refractivity contribution in [2.75, 3.05) is 0 Å². The Labute approximate surface area is 152 Å². The highest BCUT2D eigenvalue weighted by atomic mass is 16.3. The maximum Gasteiger partial charge on any atom is 0.166 e. The summed E-state index contributed by atoms with van der Waals surface area (Å²) in [6.45, 7) is 1.89. The van der Waals surface area contributed by atoms with Crippen LogP contribution < -0.4 is 0 Å². The van der Waals surface area contributed by atoms with E-state index in [0.29, 0.717) is 0 Å². The van der Waals surface area contributed by atoms with Crippen LogP contribution >= 0.6 is 0 Å². The summed E-state index contributed by atoms with van der Waals surface area (Å²) in [5.41, 5.74) is 5.19. The molecule has 26 heavy (non-hydrogen) atoms. The van der Waals surface area contributed by atoms with Crippen molar-refractivity contribution in [2.24, 2.45) is 0 Å². The van der Waals surface area contributed by atoms with E-state index in [1.165, 1.54) is 0 Å². The zero-order valence-corrected chi connectivity index (χ0v) is 14.6. The predicted octanol–water partition coefficient (Wildman–Crippen LogP) is 5.28. The van der Waals surface area contributed by atoms with Gasteiger partial charge in [-0.3, -0.25) is 0 Å². The van der Waals surface area contributed by atoms with Crippen molar-refractivity contribution >= 4 is 22.0 Å². The Bertz CT molecular complexity index is 1130. The number of nitrogens with zero attached hydrogens (tertiary/aromatic N) is 1. The molecule has 0 fully saturated rings. The van der Waals surface area contributed by atoms with E-state index in [1.54, 1.807) is 0 Å². The lowest BCUT2D eigenvalue weighted by Crippen LogP contribution is -2.28. The van der Waals surface area contributed by atoms with Crippen molar-refractivity contribution in [1.29, 1.82) is 0 Å². The zero-order valence-electron chi connectivity index (χ0n) is 14.6. The molecule has 126 valence electrons. The maximum atomic E-state index is 11.7. The summed E-state index contributed by atoms with van der Waals surface area (Å²) in [5, 5.41) is 12.8. The lowest BCUT2D eigenvalue weighted by molar-refractivity contribution is 0.0539. The minimum absolute atomic E-state index is 0.949. The molecule has 0 spiro atoms. The summed E-state index contributed by atoms with van der Waals surface area (Å²) in [6.07, 6.45) is 0. The van der Waals surface area contributed by atoms with E-state index in [9.17, 15) is 5.11 Å². The van der Waals surface area contributed by atoms with Crippen molar-refractivity contribution in [3.05, 3.63) is 108 Å². The molecule has 2 heterocycles. The first-order valence-corrected chi connectivity index (χ1v) is 8.87. The molecule has 0 saturated heterocycles. The standard InChI is InChI=1S/C24H19NO/c1-24(26)23(18-12-6-3-7-13-18)22(17-10-4-2-5-11-17)21-16-19-14-8-9-15-20(19)25(21)24/h2-16,26H,1H3. The first-order chi connectivity index (χ1) is 12.7. The van der Waals surface area contributed by atoms with Crippen LogP contribution in [0.3, 0.4) is 0 Å². The fraction of sp³-hybridized carbons (Fsp3) is 0.0833. The molecule has 1 aliphatic rings. The third kappa shape index (κ3) is 2.03. The van der Waals surface area contributed by atoms with Crippen molar-refractivity contribution < 1.29 is 5.11 Å². The molecule has 1 atom stereocenters. The molecular weight excluding hydrogens is 318 g/mol. The van der Waals surface area contributed by atoms with E-state index in [2.05, 4.69) is 47.0 Å². The molecule has 0 amide bonds. The lowest BCUT2D eigenvalue weighted by Gasteiger charge is -2.26. The number of aliphatic hydroxyl groups is 1. The van der Waals surface area contributed by atoms with Crippen LogP contribution in [0.25, 0.3) is 22.0 Å². The quantitative estimate of drug-likeness (QED) is 0.529. The Morgan fingerprint density at radius 3 is 2.00 bits per heavy atom. The van der Waals surface area contributed by atoms with Gasteiger partial charge in [0.05, 0.1) is 11.2 Å². The van der Waals surface area contributed by atoms with Crippen LogP contribution in [0.4, 0.5) is 0 Å². The van der Waals surface area contributed by atoms with E-state index in [-0.39, 0.29) is 0 Å². The third-order valence-electron chi connectivity index (χ3n) is 5.25. The molecule has 1 unspecified atom stereocenters. The highest BCUT2D eigenvalue weighted by Gasteiger charge is 2.41. The SMILES string of the molecule is CC1(O)C(c2ccccc2)=C(c2ccccc2)c2cc3ccccc3n21. The van der Waals surface area contributed by atoms with Crippen LogP contribution in [0.5, 0.6) is 0 Å². The summed E-state index contributed by atoms with van der Waals surface area (Å²) in [6, 6.07) is 30.9. The molecule has 2 heteroatoms. The zero-order chi connectivity index (χ0) is 17.7. The summed E-state index contributed by atoms with van der Waals surface area (Å²) >= 11 is 0. The fourth-order valence-electron chi connectivity index (χ4n) is 4.20. The molecule has 1 aliphatic heterocycles. The number of hydrogen-bond donors (Lipinski definition) is 1. The molecule has 0 aliphatic carbocycles. The van der Waals surface area contributed by atoms with Gasteiger partial charge >= 0.3 is 0 Å². The molecule has 0 saturated carbocycles. The molecule has 2 nitrogen and oxygen atoms in total. The average molecular weight is 337 g/mol. The number of fused-ring (bicyclic) bond motifs is 3. The Kier molecular flexibility index (Phi) is 3.18. The smallest absolute Gasteiger partial charge is 0.166 e. The van der Waals surface area contributed by atoms with Gasteiger partial charge < -0.3 is 9.67 Å². The lowest BCUT2D eigenvalue weighted by atomic mass is 9.89. The molecule has 3 aromatic carbocycles. The summed E-state index contributed by atoms with van der Waals surface area (Å²) in [5.74, 6) is 0. The van der Waals surface area contributed by atoms with Crippen LogP contribution in [-0.4, -0.2) is 9.67 Å². The second kappa shape index (κ2) is 5.45. The van der Waals surface area contributed by atoms with Gasteiger partial charge in [-0.25, -0.2) is 0 Å². The number of para-hydroxylation sites is 1. The molecule has 0 radical (unpaired) electrons. The van der Waals surface area contributed by atoms with Gasteiger partial charge in [-0.1, -0.05) is 78.9 Å². The van der Waals surface area contributed by atoms with Crippen molar-refractivity contribution in [3.63, 3.8) is 0 Å². The molecule has 1 aromatic heterocycles. The van der Waals surface area contributed by atoms with Gasteiger partial charge in [0, 0.05) is 16.5 Å². The van der Waals surface area contributed by atoms with E-state index in [4.69, 9.17) is 0 Å². The monoisotopic (exact) mass is 337 g/mol. The van der Waals surface area contributed by atoms with Gasteiger partial charge in [0.25, 0.3) is 0 Å². The van der Waals surface area contributed by atoms with Gasteiger partial charge in [0.2, 0.25) is 0 Å².